The van der Waals surface area contributed by atoms with E-state index >= 15 is 0 Å². The van der Waals surface area contributed by atoms with Crippen LogP contribution in [0.2, 0.25) is 0 Å². The smallest absolute Gasteiger partial charge is 0.303 e. The summed E-state index contributed by atoms with van der Waals surface area (Å²) in [6.45, 7) is 7.33. The molecule has 4 aliphatic rings. The van der Waals surface area contributed by atoms with Crippen LogP contribution in [0.4, 0.5) is 0 Å². The number of carboxylic acid groups (broad SMARTS) is 1. The second kappa shape index (κ2) is 7.04. The van der Waals surface area contributed by atoms with Gasteiger partial charge in [-0.05, 0) is 97.7 Å². The van der Waals surface area contributed by atoms with Gasteiger partial charge in [-0.3, -0.25) is 4.79 Å². The lowest BCUT2D eigenvalue weighted by Crippen LogP contribution is -2.57. The highest BCUT2D eigenvalue weighted by Gasteiger charge is 2.61. The molecule has 4 aliphatic carbocycles. The van der Waals surface area contributed by atoms with Crippen molar-refractivity contribution in [2.75, 3.05) is 0 Å². The molecule has 27 heavy (non-hydrogen) atoms. The van der Waals surface area contributed by atoms with Crippen LogP contribution < -0.4 is 0 Å². The van der Waals surface area contributed by atoms with E-state index in [0.717, 1.165) is 24.7 Å². The summed E-state index contributed by atoms with van der Waals surface area (Å²) in [7, 11) is 0. The number of aliphatic hydroxyl groups excluding tert-OH is 1. The van der Waals surface area contributed by atoms with Crippen molar-refractivity contribution >= 4 is 5.97 Å². The van der Waals surface area contributed by atoms with Gasteiger partial charge >= 0.3 is 5.97 Å². The molecule has 0 aromatic carbocycles. The maximum absolute atomic E-state index is 11.1. The summed E-state index contributed by atoms with van der Waals surface area (Å²) in [5, 5.41) is 20.2. The molecule has 4 saturated carbocycles. The topological polar surface area (TPSA) is 57.5 Å². The zero-order valence-electron chi connectivity index (χ0n) is 17.6. The Morgan fingerprint density at radius 2 is 1.74 bits per heavy atom. The van der Waals surface area contributed by atoms with Gasteiger partial charge in [0.15, 0.2) is 0 Å². The second-order valence-electron chi connectivity index (χ2n) is 11.2. The van der Waals surface area contributed by atoms with Crippen LogP contribution in [0, 0.1) is 46.3 Å². The molecule has 9 atom stereocenters. The second-order valence-corrected chi connectivity index (χ2v) is 11.2. The van der Waals surface area contributed by atoms with Crippen molar-refractivity contribution < 1.29 is 15.0 Å². The molecule has 0 radical (unpaired) electrons. The van der Waals surface area contributed by atoms with E-state index in [1.165, 1.54) is 51.4 Å². The van der Waals surface area contributed by atoms with Gasteiger partial charge in [-0.1, -0.05) is 33.6 Å². The van der Waals surface area contributed by atoms with Crippen LogP contribution in [-0.2, 0) is 4.79 Å². The quantitative estimate of drug-likeness (QED) is 0.680. The van der Waals surface area contributed by atoms with Gasteiger partial charge in [0.05, 0.1) is 6.10 Å². The summed E-state index contributed by atoms with van der Waals surface area (Å²) in [6, 6.07) is 0. The molecule has 0 spiro atoms. The molecule has 4 rings (SSSR count). The Labute approximate surface area is 165 Å². The molecule has 0 aliphatic heterocycles. The number of aliphatic hydroxyl groups is 1. The number of aliphatic carboxylic acids is 1. The van der Waals surface area contributed by atoms with Crippen LogP contribution in [0.3, 0.4) is 0 Å². The summed E-state index contributed by atoms with van der Waals surface area (Å²) in [5.74, 6) is 3.27. The van der Waals surface area contributed by atoms with Gasteiger partial charge < -0.3 is 10.2 Å². The standard InChI is InChI=1S/C24H40O3/c1-15(7-10-22(26)27)17-8-9-18-16-14-21(25)20-6-4-5-12-23(20,2)19(16)11-13-24(17,18)3/h15-21,25H,4-14H2,1-3H3,(H,26,27)/t15-,16+,17-,18+,19+,20-,21-,23-,24-/m1/s1. The highest BCUT2D eigenvalue weighted by molar-refractivity contribution is 5.66. The van der Waals surface area contributed by atoms with Crippen molar-refractivity contribution in [1.82, 2.24) is 0 Å². The first-order valence-electron chi connectivity index (χ1n) is 11.7. The Hall–Kier alpha value is -0.570. The van der Waals surface area contributed by atoms with Crippen LogP contribution in [0.5, 0.6) is 0 Å². The number of carbonyl (C=O) groups is 1. The number of carboxylic acids is 1. The van der Waals surface area contributed by atoms with E-state index in [9.17, 15) is 9.90 Å². The van der Waals surface area contributed by atoms with Crippen molar-refractivity contribution in [3.63, 3.8) is 0 Å². The summed E-state index contributed by atoms with van der Waals surface area (Å²) in [6.07, 6.45) is 12.5. The van der Waals surface area contributed by atoms with Crippen LogP contribution in [-0.4, -0.2) is 22.3 Å². The molecular formula is C24H40O3. The predicted molar refractivity (Wildman–Crippen MR) is 107 cm³/mol. The molecule has 4 fully saturated rings. The van der Waals surface area contributed by atoms with E-state index in [1.807, 2.05) is 0 Å². The molecule has 0 aromatic heterocycles. The van der Waals surface area contributed by atoms with E-state index < -0.39 is 5.97 Å². The lowest BCUT2D eigenvalue weighted by Gasteiger charge is -2.62. The largest absolute Gasteiger partial charge is 0.481 e. The molecule has 154 valence electrons. The summed E-state index contributed by atoms with van der Waals surface area (Å²) < 4.78 is 0. The Morgan fingerprint density at radius 1 is 1.00 bits per heavy atom. The van der Waals surface area contributed by atoms with Gasteiger partial charge in [-0.15, -0.1) is 0 Å². The molecule has 2 N–H and O–H groups in total. The Balaban J connectivity index is 1.55. The van der Waals surface area contributed by atoms with Gasteiger partial charge in [-0.25, -0.2) is 0 Å². The highest BCUT2D eigenvalue weighted by atomic mass is 16.4. The average Bonchev–Trinajstić information content (AvgIpc) is 2.97. The van der Waals surface area contributed by atoms with Gasteiger partial charge in [0.25, 0.3) is 0 Å². The lowest BCUT2D eigenvalue weighted by molar-refractivity contribution is -0.159. The maximum atomic E-state index is 11.1. The van der Waals surface area contributed by atoms with E-state index in [2.05, 4.69) is 20.8 Å². The normalized spacial score (nSPS) is 50.4. The summed E-state index contributed by atoms with van der Waals surface area (Å²) >= 11 is 0. The molecule has 0 saturated heterocycles. The Bertz CT molecular complexity index is 574. The third-order valence-corrected chi connectivity index (χ3v) is 10.2. The fraction of sp³-hybridized carbons (Fsp3) is 0.958. The molecule has 3 nitrogen and oxygen atoms in total. The molecule has 0 aromatic rings. The van der Waals surface area contributed by atoms with Gasteiger partial charge in [0, 0.05) is 6.42 Å². The monoisotopic (exact) mass is 376 g/mol. The summed E-state index contributed by atoms with van der Waals surface area (Å²) in [4.78, 5) is 11.0. The number of rotatable bonds is 4. The van der Waals surface area contributed by atoms with Gasteiger partial charge in [0.1, 0.15) is 0 Å². The maximum Gasteiger partial charge on any atom is 0.303 e. The molecule has 0 amide bonds. The van der Waals surface area contributed by atoms with E-state index in [0.29, 0.717) is 40.9 Å². The fourth-order valence-electron chi connectivity index (χ4n) is 8.88. The highest BCUT2D eigenvalue weighted by Crippen LogP contribution is 2.68. The van der Waals surface area contributed by atoms with Crippen LogP contribution in [0.1, 0.15) is 91.4 Å². The average molecular weight is 377 g/mol. The minimum absolute atomic E-state index is 0.0950. The number of fused-ring (bicyclic) bond motifs is 5. The van der Waals surface area contributed by atoms with Crippen LogP contribution in [0.25, 0.3) is 0 Å². The van der Waals surface area contributed by atoms with Crippen LogP contribution in [0.15, 0.2) is 0 Å². The van der Waals surface area contributed by atoms with Gasteiger partial charge in [-0.2, -0.15) is 0 Å². The van der Waals surface area contributed by atoms with Gasteiger partial charge in [0.2, 0.25) is 0 Å². The molecular weight excluding hydrogens is 336 g/mol. The minimum Gasteiger partial charge on any atom is -0.481 e. The van der Waals surface area contributed by atoms with Crippen molar-refractivity contribution in [1.29, 1.82) is 0 Å². The van der Waals surface area contributed by atoms with Crippen LogP contribution >= 0.6 is 0 Å². The fourth-order valence-corrected chi connectivity index (χ4v) is 8.88. The third-order valence-electron chi connectivity index (χ3n) is 10.2. The number of hydrogen-bond donors (Lipinski definition) is 2. The molecule has 3 heteroatoms. The zero-order valence-corrected chi connectivity index (χ0v) is 17.6. The van der Waals surface area contributed by atoms with Crippen molar-refractivity contribution in [3.8, 4) is 0 Å². The van der Waals surface area contributed by atoms with E-state index in [-0.39, 0.29) is 6.10 Å². The first-order chi connectivity index (χ1) is 12.8. The first kappa shape index (κ1) is 19.7. The van der Waals surface area contributed by atoms with Crippen molar-refractivity contribution in [3.05, 3.63) is 0 Å². The minimum atomic E-state index is -0.656. The SMILES string of the molecule is C[C@H](CCC(=O)O)[C@H]1CC[C@H]2[C@@H]3C[C@@H](O)[C@H]4CCCC[C@]4(C)[C@H]3CC[C@]12C. The van der Waals surface area contributed by atoms with Crippen molar-refractivity contribution in [2.24, 2.45) is 46.3 Å². The summed E-state index contributed by atoms with van der Waals surface area (Å²) in [5.41, 5.74) is 0.714. The molecule has 0 heterocycles. The zero-order chi connectivity index (χ0) is 19.4. The van der Waals surface area contributed by atoms with E-state index in [1.54, 1.807) is 0 Å². The predicted octanol–water partition coefficient (Wildman–Crippen LogP) is 5.51. The third kappa shape index (κ3) is 3.07. The lowest BCUT2D eigenvalue weighted by atomic mass is 9.44. The Kier molecular flexibility index (Phi) is 5.15. The molecule has 0 bridgehead atoms. The Morgan fingerprint density at radius 3 is 2.48 bits per heavy atom. The molecule has 0 unspecified atom stereocenters. The van der Waals surface area contributed by atoms with E-state index in [4.69, 9.17) is 5.11 Å². The first-order valence-corrected chi connectivity index (χ1v) is 11.7. The number of hydrogen-bond acceptors (Lipinski definition) is 2. The van der Waals surface area contributed by atoms with Crippen molar-refractivity contribution in [2.45, 2.75) is 97.5 Å².